The molecule has 1 fully saturated rings. The summed E-state index contributed by atoms with van der Waals surface area (Å²) in [7, 11) is 0. The van der Waals surface area contributed by atoms with E-state index in [1.165, 1.54) is 36.1 Å². The molecule has 4 rings (SSSR count). The van der Waals surface area contributed by atoms with Crippen molar-refractivity contribution >= 4 is 23.0 Å². The molecule has 6 heteroatoms. The lowest BCUT2D eigenvalue weighted by Crippen LogP contribution is -2.53. The highest BCUT2D eigenvalue weighted by atomic mass is 15.3. The average Bonchev–Trinajstić information content (AvgIpc) is 3.03. The maximum atomic E-state index is 6.40. The van der Waals surface area contributed by atoms with Gasteiger partial charge in [-0.1, -0.05) is 105 Å². The topological polar surface area (TPSA) is 77.7 Å². The Bertz CT molecular complexity index is 1240. The second kappa shape index (κ2) is 17.8. The molecule has 256 valence electrons. The highest BCUT2D eigenvalue weighted by molar-refractivity contribution is 5.83. The number of nitrogens with two attached hydrogens (primary N) is 1. The Morgan fingerprint density at radius 2 is 1.78 bits per heavy atom. The third-order valence-electron chi connectivity index (χ3n) is 10.4. The number of piperazine rings is 1. The van der Waals surface area contributed by atoms with Crippen LogP contribution in [-0.2, 0) is 0 Å². The minimum absolute atomic E-state index is 0.417. The molecule has 0 bridgehead atoms. The van der Waals surface area contributed by atoms with Crippen LogP contribution in [0.5, 0.6) is 0 Å². The van der Waals surface area contributed by atoms with Gasteiger partial charge in [-0.25, -0.2) is 4.99 Å². The quantitative estimate of drug-likeness (QED) is 0.181. The van der Waals surface area contributed by atoms with Crippen LogP contribution in [0.25, 0.3) is 5.70 Å². The van der Waals surface area contributed by atoms with Crippen LogP contribution in [0.15, 0.2) is 59.6 Å². The number of fused-ring (bicyclic) bond motifs is 1. The van der Waals surface area contributed by atoms with Crippen LogP contribution in [0, 0.1) is 16.7 Å². The van der Waals surface area contributed by atoms with Crippen LogP contribution in [0.2, 0.25) is 0 Å². The lowest BCUT2D eigenvalue weighted by Gasteiger charge is -2.42. The van der Waals surface area contributed by atoms with Gasteiger partial charge in [-0.05, 0) is 73.1 Å². The molecule has 0 saturated carbocycles. The van der Waals surface area contributed by atoms with Gasteiger partial charge in [0.25, 0.3) is 0 Å². The maximum Gasteiger partial charge on any atom is 0.196 e. The summed E-state index contributed by atoms with van der Waals surface area (Å²) in [6, 6.07) is 17.6. The minimum atomic E-state index is 0.417. The number of rotatable bonds is 7. The maximum absolute atomic E-state index is 6.40. The fraction of sp³-hybridized carbons (Fsp3) is 0.625. The molecule has 3 atom stereocenters. The first-order valence-electron chi connectivity index (χ1n) is 18.1. The van der Waals surface area contributed by atoms with Crippen LogP contribution in [-0.4, -0.2) is 49.6 Å². The molecule has 0 amide bonds. The average molecular weight is 631 g/mol. The Hall–Kier alpha value is -2.99. The Morgan fingerprint density at radius 3 is 2.41 bits per heavy atom. The number of hydrogen-bond acceptors (Lipinski definition) is 4. The van der Waals surface area contributed by atoms with Crippen LogP contribution in [0.3, 0.4) is 0 Å². The summed E-state index contributed by atoms with van der Waals surface area (Å²) in [4.78, 5) is 6.94. The van der Waals surface area contributed by atoms with E-state index in [0.29, 0.717) is 28.7 Å². The molecule has 0 aliphatic carbocycles. The smallest absolute Gasteiger partial charge is 0.196 e. The number of nitrogens with zero attached hydrogens (tertiary/aromatic N) is 2. The van der Waals surface area contributed by atoms with Crippen molar-refractivity contribution in [2.45, 2.75) is 113 Å². The van der Waals surface area contributed by atoms with Gasteiger partial charge in [0, 0.05) is 61.6 Å². The summed E-state index contributed by atoms with van der Waals surface area (Å²) in [5.74, 6) is 1.90. The van der Waals surface area contributed by atoms with Gasteiger partial charge in [0.1, 0.15) is 0 Å². The number of aliphatic imine (C=N–C) groups is 1. The second-order valence-corrected chi connectivity index (χ2v) is 15.2. The summed E-state index contributed by atoms with van der Waals surface area (Å²) in [6.45, 7) is 25.4. The minimum Gasteiger partial charge on any atom is -0.385 e. The number of guanidine groups is 1. The van der Waals surface area contributed by atoms with Gasteiger partial charge in [-0.15, -0.1) is 0 Å². The predicted molar refractivity (Wildman–Crippen MR) is 202 cm³/mol. The molecule has 0 spiro atoms. The Labute approximate surface area is 282 Å². The third-order valence-corrected chi connectivity index (χ3v) is 10.4. The summed E-state index contributed by atoms with van der Waals surface area (Å²) >= 11 is 0. The largest absolute Gasteiger partial charge is 0.385 e. The van der Waals surface area contributed by atoms with Gasteiger partial charge >= 0.3 is 0 Å². The molecule has 5 N–H and O–H groups in total. The summed E-state index contributed by atoms with van der Waals surface area (Å²) in [5.41, 5.74) is 13.1. The number of benzene rings is 2. The van der Waals surface area contributed by atoms with E-state index in [0.717, 1.165) is 69.3 Å². The van der Waals surface area contributed by atoms with Crippen LogP contribution >= 0.6 is 0 Å². The van der Waals surface area contributed by atoms with Gasteiger partial charge in [-0.2, -0.15) is 0 Å². The molecule has 1 saturated heterocycles. The van der Waals surface area contributed by atoms with E-state index in [9.17, 15) is 0 Å². The fourth-order valence-corrected chi connectivity index (χ4v) is 6.41. The second-order valence-electron chi connectivity index (χ2n) is 15.2. The first-order valence-corrected chi connectivity index (χ1v) is 18.1. The predicted octanol–water partition coefficient (Wildman–Crippen LogP) is 9.14. The highest BCUT2D eigenvalue weighted by Gasteiger charge is 2.35. The zero-order valence-corrected chi connectivity index (χ0v) is 30.7. The molecule has 0 radical (unpaired) electrons. The van der Waals surface area contributed by atoms with Crippen LogP contribution in [0.4, 0.5) is 11.4 Å². The normalized spacial score (nSPS) is 21.7. The number of allylic oxidation sites excluding steroid dienone is 1. The Balaban J connectivity index is 0.000000376. The van der Waals surface area contributed by atoms with Crippen molar-refractivity contribution < 1.29 is 0 Å². The highest BCUT2D eigenvalue weighted by Crippen LogP contribution is 2.45. The van der Waals surface area contributed by atoms with Gasteiger partial charge in [0.15, 0.2) is 5.96 Å². The molecule has 0 aromatic heterocycles. The van der Waals surface area contributed by atoms with Gasteiger partial charge in [-0.3, -0.25) is 0 Å². The number of anilines is 1. The van der Waals surface area contributed by atoms with Crippen molar-refractivity contribution in [2.75, 3.05) is 38.0 Å². The zero-order chi connectivity index (χ0) is 33.7. The van der Waals surface area contributed by atoms with Gasteiger partial charge < -0.3 is 26.6 Å². The Kier molecular flexibility index (Phi) is 14.5. The van der Waals surface area contributed by atoms with Crippen molar-refractivity contribution in [3.63, 3.8) is 0 Å². The zero-order valence-electron chi connectivity index (χ0n) is 30.7. The van der Waals surface area contributed by atoms with Crippen molar-refractivity contribution in [3.05, 3.63) is 65.7 Å². The summed E-state index contributed by atoms with van der Waals surface area (Å²) in [5, 5.41) is 10.9. The Morgan fingerprint density at radius 1 is 1.04 bits per heavy atom. The molecule has 2 aromatic rings. The summed E-state index contributed by atoms with van der Waals surface area (Å²) in [6.07, 6.45) is 9.57. The molecule has 2 aliphatic heterocycles. The number of hydrogen-bond donors (Lipinski definition) is 4. The van der Waals surface area contributed by atoms with Crippen molar-refractivity contribution in [1.29, 1.82) is 0 Å². The van der Waals surface area contributed by atoms with E-state index in [1.807, 2.05) is 0 Å². The van der Waals surface area contributed by atoms with E-state index >= 15 is 0 Å². The van der Waals surface area contributed by atoms with E-state index in [4.69, 9.17) is 10.7 Å². The molecule has 3 unspecified atom stereocenters. The molecule has 46 heavy (non-hydrogen) atoms. The lowest BCUT2D eigenvalue weighted by atomic mass is 9.63. The fourth-order valence-electron chi connectivity index (χ4n) is 6.41. The first-order chi connectivity index (χ1) is 21.9. The van der Waals surface area contributed by atoms with Crippen molar-refractivity contribution in [2.24, 2.45) is 27.5 Å². The SMILES string of the molecule is CC/C=C1\NCCCC(c2ccccc2)CNc2cc(N=C(N)N3CCNC(C)C3)ccc21.CCC(C)(CCC(C)C)C(C)(C)C. The van der Waals surface area contributed by atoms with E-state index < -0.39 is 0 Å². The monoisotopic (exact) mass is 631 g/mol. The van der Waals surface area contributed by atoms with Crippen LogP contribution < -0.4 is 21.7 Å². The number of nitrogens with one attached hydrogen (secondary N) is 3. The molecule has 2 aromatic carbocycles. The molecule has 6 nitrogen and oxygen atoms in total. The van der Waals surface area contributed by atoms with Crippen LogP contribution in [0.1, 0.15) is 118 Å². The molecule has 2 aliphatic rings. The first kappa shape index (κ1) is 37.5. The molecular weight excluding hydrogens is 564 g/mol. The van der Waals surface area contributed by atoms with Crippen molar-refractivity contribution in [3.8, 4) is 0 Å². The van der Waals surface area contributed by atoms with E-state index in [-0.39, 0.29) is 0 Å². The van der Waals surface area contributed by atoms with E-state index in [1.54, 1.807) is 0 Å². The van der Waals surface area contributed by atoms with Crippen molar-refractivity contribution in [1.82, 2.24) is 15.5 Å². The molecule has 2 heterocycles. The lowest BCUT2D eigenvalue weighted by molar-refractivity contribution is 0.0838. The third kappa shape index (κ3) is 11.1. The van der Waals surface area contributed by atoms with Gasteiger partial charge in [0.2, 0.25) is 0 Å². The summed E-state index contributed by atoms with van der Waals surface area (Å²) < 4.78 is 0. The standard InChI is InChI=1S/C27H38N6.C13H28/c1-3-8-25-24-13-12-23(32-27(28)33-16-15-29-20(2)19-33)17-26(24)31-18-22(11-7-14-30-25)21-9-5-4-6-10-21;1-8-13(7,12(4,5)6)10-9-11(2)3/h4-6,8-10,12-13,17,20,22,29-31H,3,7,11,14-16,18-19H2,1-2H3,(H2,28,32);11H,8-10H2,1-7H3/b25-8-;. The van der Waals surface area contributed by atoms with E-state index in [2.05, 4.69) is 138 Å². The molecular formula is C40H66N6. The van der Waals surface area contributed by atoms with Gasteiger partial charge in [0.05, 0.1) is 5.69 Å².